The van der Waals surface area contributed by atoms with Gasteiger partial charge in [0.1, 0.15) is 0 Å². The average molecular weight is 319 g/mol. The maximum atomic E-state index is 12.4. The third-order valence-electron chi connectivity index (χ3n) is 4.27. The first-order valence-corrected chi connectivity index (χ1v) is 8.01. The van der Waals surface area contributed by atoms with Gasteiger partial charge in [0.15, 0.2) is 0 Å². The molecule has 3 aromatic rings. The molecule has 4 rings (SSSR count). The van der Waals surface area contributed by atoms with E-state index in [-0.39, 0.29) is 11.9 Å². The van der Waals surface area contributed by atoms with E-state index in [2.05, 4.69) is 20.1 Å². The van der Waals surface area contributed by atoms with Crippen LogP contribution in [-0.2, 0) is 4.79 Å². The van der Waals surface area contributed by atoms with Crippen LogP contribution >= 0.6 is 0 Å². The lowest BCUT2D eigenvalue weighted by Gasteiger charge is -2.22. The number of hydrazone groups is 1. The number of benzene rings is 1. The molecule has 1 aliphatic rings. The quantitative estimate of drug-likeness (QED) is 0.806. The first-order valence-electron chi connectivity index (χ1n) is 8.01. The van der Waals surface area contributed by atoms with Crippen LogP contribution in [0.3, 0.4) is 0 Å². The summed E-state index contributed by atoms with van der Waals surface area (Å²) < 4.78 is 0. The van der Waals surface area contributed by atoms with Crippen molar-refractivity contribution >= 4 is 22.7 Å². The van der Waals surface area contributed by atoms with Gasteiger partial charge in [0, 0.05) is 37.0 Å². The maximum absolute atomic E-state index is 12.4. The van der Waals surface area contributed by atoms with Gasteiger partial charge < -0.3 is 4.98 Å². The second-order valence-electron chi connectivity index (χ2n) is 5.71. The molecule has 0 radical (unpaired) electrons. The van der Waals surface area contributed by atoms with E-state index in [0.717, 1.165) is 28.0 Å². The number of fused-ring (bicyclic) bond motifs is 1. The molecule has 6 heteroatoms. The van der Waals surface area contributed by atoms with Gasteiger partial charge in [0.2, 0.25) is 5.91 Å². The molecule has 1 N–H and O–H groups in total. The summed E-state index contributed by atoms with van der Waals surface area (Å²) in [5, 5.41) is 6.18. The smallest absolute Gasteiger partial charge is 0.242 e. The van der Waals surface area contributed by atoms with Gasteiger partial charge in [-0.3, -0.25) is 14.8 Å². The van der Waals surface area contributed by atoms with Crippen molar-refractivity contribution in [3.8, 4) is 0 Å². The fourth-order valence-corrected chi connectivity index (χ4v) is 3.10. The number of H-pyrrole nitrogens is 1. The molecule has 1 unspecified atom stereocenters. The predicted molar refractivity (Wildman–Crippen MR) is 91.4 cm³/mol. The molecule has 0 saturated heterocycles. The lowest BCUT2D eigenvalue weighted by molar-refractivity contribution is -0.132. The van der Waals surface area contributed by atoms with Crippen LogP contribution in [0.2, 0.25) is 0 Å². The number of aromatic nitrogens is 3. The van der Waals surface area contributed by atoms with Crippen molar-refractivity contribution in [2.75, 3.05) is 0 Å². The van der Waals surface area contributed by atoms with Gasteiger partial charge in [-0.05, 0) is 18.2 Å². The molecular formula is C18H17N5O. The Kier molecular flexibility index (Phi) is 3.57. The lowest BCUT2D eigenvalue weighted by Crippen LogP contribution is -2.26. The van der Waals surface area contributed by atoms with E-state index in [0.29, 0.717) is 12.8 Å². The average Bonchev–Trinajstić information content (AvgIpc) is 3.30. The van der Waals surface area contributed by atoms with Crippen molar-refractivity contribution in [2.45, 2.75) is 25.8 Å². The molecule has 1 aliphatic heterocycles. The molecule has 1 amide bonds. The zero-order valence-electron chi connectivity index (χ0n) is 13.3. The maximum Gasteiger partial charge on any atom is 0.242 e. The highest BCUT2D eigenvalue weighted by atomic mass is 16.2. The summed E-state index contributed by atoms with van der Waals surface area (Å²) in [6.07, 6.45) is 6.28. The van der Waals surface area contributed by atoms with Gasteiger partial charge >= 0.3 is 0 Å². The number of rotatable bonds is 3. The minimum atomic E-state index is -0.156. The van der Waals surface area contributed by atoms with Crippen molar-refractivity contribution in [1.82, 2.24) is 20.0 Å². The third kappa shape index (κ3) is 2.36. The molecule has 6 nitrogen and oxygen atoms in total. The van der Waals surface area contributed by atoms with Crippen LogP contribution in [0.15, 0.2) is 54.0 Å². The predicted octanol–water partition coefficient (Wildman–Crippen LogP) is 3.05. The van der Waals surface area contributed by atoms with Crippen molar-refractivity contribution in [3.63, 3.8) is 0 Å². The summed E-state index contributed by atoms with van der Waals surface area (Å²) >= 11 is 0. The highest BCUT2D eigenvalue weighted by Crippen LogP contribution is 2.35. The van der Waals surface area contributed by atoms with Crippen LogP contribution in [0, 0.1) is 0 Å². The van der Waals surface area contributed by atoms with E-state index in [4.69, 9.17) is 0 Å². The molecule has 1 atom stereocenters. The number of para-hydroxylation sites is 1. The van der Waals surface area contributed by atoms with Crippen LogP contribution in [0.1, 0.15) is 37.1 Å². The number of nitrogens with one attached hydrogen (secondary N) is 1. The molecule has 0 bridgehead atoms. The number of carbonyl (C=O) groups excluding carboxylic acids is 1. The Morgan fingerprint density at radius 3 is 2.92 bits per heavy atom. The molecule has 0 fully saturated rings. The van der Waals surface area contributed by atoms with Crippen LogP contribution < -0.4 is 0 Å². The molecular weight excluding hydrogens is 302 g/mol. The van der Waals surface area contributed by atoms with Crippen LogP contribution in [0.5, 0.6) is 0 Å². The number of carbonyl (C=O) groups is 1. The number of nitrogens with zero attached hydrogens (tertiary/aromatic N) is 4. The summed E-state index contributed by atoms with van der Waals surface area (Å²) in [5.41, 5.74) is 4.45. The molecule has 0 saturated carbocycles. The fourth-order valence-electron chi connectivity index (χ4n) is 3.10. The summed E-state index contributed by atoms with van der Waals surface area (Å²) in [6.45, 7) is 1.85. The first kappa shape index (κ1) is 14.6. The second kappa shape index (κ2) is 5.88. The summed E-state index contributed by atoms with van der Waals surface area (Å²) in [6, 6.07) is 9.63. The van der Waals surface area contributed by atoms with Crippen LogP contribution in [-0.4, -0.2) is 31.6 Å². The Morgan fingerprint density at radius 1 is 1.25 bits per heavy atom. The number of hydrogen-bond acceptors (Lipinski definition) is 4. The monoisotopic (exact) mass is 319 g/mol. The number of hydrogen-bond donors (Lipinski definition) is 1. The van der Waals surface area contributed by atoms with E-state index < -0.39 is 0 Å². The molecule has 3 heterocycles. The van der Waals surface area contributed by atoms with Gasteiger partial charge in [-0.2, -0.15) is 5.10 Å². The topological polar surface area (TPSA) is 74.2 Å². The third-order valence-corrected chi connectivity index (χ3v) is 4.27. The van der Waals surface area contributed by atoms with Crippen molar-refractivity contribution in [2.24, 2.45) is 5.10 Å². The number of amides is 1. The van der Waals surface area contributed by atoms with Crippen molar-refractivity contribution in [3.05, 3.63) is 60.2 Å². The molecule has 0 spiro atoms. The minimum absolute atomic E-state index is 0.00227. The van der Waals surface area contributed by atoms with Gasteiger partial charge in [0.05, 0.1) is 28.5 Å². The highest BCUT2D eigenvalue weighted by molar-refractivity contribution is 6.02. The lowest BCUT2D eigenvalue weighted by atomic mass is 9.99. The SMILES string of the molecule is CCC(=O)N1N=C(c2ccc[nH]2)CC1c1cccc2nccnc12. The summed E-state index contributed by atoms with van der Waals surface area (Å²) in [5.74, 6) is 0.00227. The van der Waals surface area contributed by atoms with E-state index in [1.165, 1.54) is 0 Å². The standard InChI is InChI=1S/C18H17N5O/c1-2-17(24)23-16(11-15(22-23)13-7-4-8-19-13)12-5-3-6-14-18(12)21-10-9-20-14/h3-10,16,19H,2,11H2,1H3. The Hall–Kier alpha value is -3.02. The van der Waals surface area contributed by atoms with Gasteiger partial charge in [-0.15, -0.1) is 0 Å². The van der Waals surface area contributed by atoms with E-state index in [1.54, 1.807) is 17.4 Å². The Balaban J connectivity index is 1.80. The minimum Gasteiger partial charge on any atom is -0.360 e. The summed E-state index contributed by atoms with van der Waals surface area (Å²) in [4.78, 5) is 24.4. The zero-order valence-corrected chi connectivity index (χ0v) is 13.3. The van der Waals surface area contributed by atoms with E-state index in [9.17, 15) is 4.79 Å². The molecule has 120 valence electrons. The van der Waals surface area contributed by atoms with Crippen molar-refractivity contribution in [1.29, 1.82) is 0 Å². The number of aromatic amines is 1. The van der Waals surface area contributed by atoms with E-state index in [1.807, 2.05) is 43.5 Å². The Morgan fingerprint density at radius 2 is 2.12 bits per heavy atom. The normalized spacial score (nSPS) is 17.3. The van der Waals surface area contributed by atoms with Gasteiger partial charge in [0.25, 0.3) is 0 Å². The summed E-state index contributed by atoms with van der Waals surface area (Å²) in [7, 11) is 0. The Labute approximate surface area is 139 Å². The van der Waals surface area contributed by atoms with Gasteiger partial charge in [-0.1, -0.05) is 19.1 Å². The zero-order chi connectivity index (χ0) is 16.5. The molecule has 24 heavy (non-hydrogen) atoms. The fraction of sp³-hybridized carbons (Fsp3) is 0.222. The second-order valence-corrected chi connectivity index (χ2v) is 5.71. The first-order chi connectivity index (χ1) is 11.8. The molecule has 2 aromatic heterocycles. The largest absolute Gasteiger partial charge is 0.360 e. The van der Waals surface area contributed by atoms with Crippen LogP contribution in [0.4, 0.5) is 0 Å². The van der Waals surface area contributed by atoms with Crippen molar-refractivity contribution < 1.29 is 4.79 Å². The Bertz CT molecular complexity index is 911. The molecule has 1 aromatic carbocycles. The highest BCUT2D eigenvalue weighted by Gasteiger charge is 2.33. The van der Waals surface area contributed by atoms with Gasteiger partial charge in [-0.25, -0.2) is 5.01 Å². The van der Waals surface area contributed by atoms with E-state index >= 15 is 0 Å². The van der Waals surface area contributed by atoms with Crippen LogP contribution in [0.25, 0.3) is 11.0 Å². The molecule has 0 aliphatic carbocycles.